The van der Waals surface area contributed by atoms with Crippen LogP contribution in [0.4, 0.5) is 17.6 Å². The number of anilines is 3. The van der Waals surface area contributed by atoms with E-state index in [0.717, 1.165) is 25.7 Å². The lowest BCUT2D eigenvalue weighted by molar-refractivity contribution is -0.118. The number of benzene rings is 1. The highest BCUT2D eigenvalue weighted by Crippen LogP contribution is 2.37. The highest BCUT2D eigenvalue weighted by Gasteiger charge is 2.24. The lowest BCUT2D eigenvalue weighted by atomic mass is 10.1. The molecule has 0 saturated carbocycles. The summed E-state index contributed by atoms with van der Waals surface area (Å²) in [5.41, 5.74) is 7.44. The predicted octanol–water partition coefficient (Wildman–Crippen LogP) is 4.95. The molecule has 12 heteroatoms. The zero-order chi connectivity index (χ0) is 25.7. The van der Waals surface area contributed by atoms with Crippen molar-refractivity contribution in [3.63, 3.8) is 0 Å². The third kappa shape index (κ3) is 5.98. The summed E-state index contributed by atoms with van der Waals surface area (Å²) >= 11 is 12.9. The summed E-state index contributed by atoms with van der Waals surface area (Å²) in [5, 5.41) is 16.4. The number of aromatic nitrogens is 4. The first-order chi connectivity index (χ1) is 17.4. The number of halogens is 2. The van der Waals surface area contributed by atoms with Crippen LogP contribution >= 0.6 is 23.2 Å². The number of ether oxygens (including phenoxy) is 1. The number of nitrogens with two attached hydrogens (primary N) is 1. The Morgan fingerprint density at radius 3 is 2.64 bits per heavy atom. The van der Waals surface area contributed by atoms with Crippen molar-refractivity contribution in [3.05, 3.63) is 33.9 Å². The van der Waals surface area contributed by atoms with Crippen molar-refractivity contribution in [2.45, 2.75) is 57.5 Å². The molecule has 0 bridgehead atoms. The van der Waals surface area contributed by atoms with E-state index in [0.29, 0.717) is 53.9 Å². The average molecular weight is 531 g/mol. The van der Waals surface area contributed by atoms with Gasteiger partial charge < -0.3 is 21.1 Å². The van der Waals surface area contributed by atoms with E-state index in [1.54, 1.807) is 6.20 Å². The van der Waals surface area contributed by atoms with E-state index < -0.39 is 0 Å². The van der Waals surface area contributed by atoms with Gasteiger partial charge in [-0.1, -0.05) is 36.5 Å². The van der Waals surface area contributed by atoms with Crippen LogP contribution in [-0.2, 0) is 9.53 Å². The van der Waals surface area contributed by atoms with Crippen molar-refractivity contribution in [1.29, 1.82) is 5.26 Å². The Labute approximate surface area is 219 Å². The number of imidazole rings is 1. The smallest absolute Gasteiger partial charge is 0.224 e. The average Bonchev–Trinajstić information content (AvgIpc) is 3.21. The highest BCUT2D eigenvalue weighted by atomic mass is 35.5. The molecule has 3 aromatic rings. The minimum atomic E-state index is -0.371. The predicted molar refractivity (Wildman–Crippen MR) is 140 cm³/mol. The lowest BCUT2D eigenvalue weighted by Crippen LogP contribution is -2.28. The van der Waals surface area contributed by atoms with Crippen LogP contribution in [0.25, 0.3) is 11.2 Å². The fraction of sp³-hybridized carbons (Fsp3) is 0.458. The first-order valence-electron chi connectivity index (χ1n) is 11.9. The normalized spacial score (nSPS) is 14.9. The number of primary amides is 1. The van der Waals surface area contributed by atoms with E-state index >= 15 is 0 Å². The quantitative estimate of drug-likeness (QED) is 0.334. The minimum Gasteiger partial charge on any atom is -0.381 e. The monoisotopic (exact) mass is 530 g/mol. The summed E-state index contributed by atoms with van der Waals surface area (Å²) in [6, 6.07) is 5.22. The second-order valence-electron chi connectivity index (χ2n) is 8.74. The molecular formula is C24H28Cl2N8O2. The molecule has 0 radical (unpaired) electrons. The van der Waals surface area contributed by atoms with Gasteiger partial charge in [-0.2, -0.15) is 10.2 Å². The van der Waals surface area contributed by atoms with Gasteiger partial charge in [-0.3, -0.25) is 9.36 Å². The number of carbonyl (C=O) groups excluding carboxylic acids is 1. The third-order valence-corrected chi connectivity index (χ3v) is 6.70. The minimum absolute atomic E-state index is 0.114. The molecule has 4 N–H and O–H groups in total. The van der Waals surface area contributed by atoms with Crippen molar-refractivity contribution in [3.8, 4) is 6.07 Å². The van der Waals surface area contributed by atoms with Crippen molar-refractivity contribution in [2.24, 2.45) is 5.73 Å². The van der Waals surface area contributed by atoms with Gasteiger partial charge in [0.15, 0.2) is 5.65 Å². The molecule has 36 heavy (non-hydrogen) atoms. The van der Waals surface area contributed by atoms with Gasteiger partial charge in [0.2, 0.25) is 17.8 Å². The molecule has 4 rings (SSSR count). The maximum absolute atomic E-state index is 11.6. The number of nitrogens with one attached hydrogen (secondary N) is 2. The molecule has 1 aliphatic heterocycles. The summed E-state index contributed by atoms with van der Waals surface area (Å²) < 4.78 is 7.41. The summed E-state index contributed by atoms with van der Waals surface area (Å²) in [7, 11) is 0. The number of nitrogens with zero attached hydrogens (tertiary/aromatic N) is 5. The van der Waals surface area contributed by atoms with Gasteiger partial charge in [-0.05, 0) is 37.8 Å². The summed E-state index contributed by atoms with van der Waals surface area (Å²) in [6.45, 7) is 3.47. The second kappa shape index (κ2) is 11.7. The van der Waals surface area contributed by atoms with E-state index in [1.807, 2.05) is 10.6 Å². The standard InChI is InChI=1S/C24H28Cl2N8O2/c1-2-3-16(4-5-20(28)35)34-22-19(13-29-23(33-22)30-15-6-8-36-9-7-15)31-24(34)32-21-17(25)10-14(12-27)11-18(21)26/h10-11,13,15-16H,2-9H2,1H3,(H2,28,35)(H,31,32)(H,29,30,33)/t16-/m0/s1. The molecule has 3 heterocycles. The van der Waals surface area contributed by atoms with Crippen LogP contribution in [0.15, 0.2) is 18.3 Å². The molecule has 0 spiro atoms. The van der Waals surface area contributed by atoms with Crippen LogP contribution in [-0.4, -0.2) is 44.7 Å². The van der Waals surface area contributed by atoms with Gasteiger partial charge in [0.25, 0.3) is 0 Å². The second-order valence-corrected chi connectivity index (χ2v) is 9.55. The molecule has 190 valence electrons. The number of hydrogen-bond acceptors (Lipinski definition) is 8. The molecule has 1 aromatic carbocycles. The number of amides is 1. The van der Waals surface area contributed by atoms with E-state index in [2.05, 4.69) is 22.5 Å². The Hall–Kier alpha value is -3.13. The molecule has 1 saturated heterocycles. The Morgan fingerprint density at radius 1 is 1.28 bits per heavy atom. The van der Waals surface area contributed by atoms with Crippen LogP contribution < -0.4 is 16.4 Å². The number of carbonyl (C=O) groups is 1. The summed E-state index contributed by atoms with van der Waals surface area (Å²) in [5.74, 6) is 0.588. The van der Waals surface area contributed by atoms with Gasteiger partial charge in [-0.25, -0.2) is 9.97 Å². The molecule has 1 amide bonds. The third-order valence-electron chi connectivity index (χ3n) is 6.11. The zero-order valence-electron chi connectivity index (χ0n) is 19.9. The fourth-order valence-electron chi connectivity index (χ4n) is 4.33. The number of nitriles is 1. The number of hydrogen-bond donors (Lipinski definition) is 3. The van der Waals surface area contributed by atoms with Crippen LogP contribution in [0.3, 0.4) is 0 Å². The molecule has 2 aromatic heterocycles. The molecule has 1 atom stereocenters. The Morgan fingerprint density at radius 2 is 2.00 bits per heavy atom. The number of rotatable bonds is 10. The number of fused-ring (bicyclic) bond motifs is 1. The van der Waals surface area contributed by atoms with Gasteiger partial charge in [0, 0.05) is 31.7 Å². The van der Waals surface area contributed by atoms with Crippen molar-refractivity contribution >= 4 is 57.9 Å². The molecule has 10 nitrogen and oxygen atoms in total. The summed E-state index contributed by atoms with van der Waals surface area (Å²) in [4.78, 5) is 25.6. The van der Waals surface area contributed by atoms with Crippen molar-refractivity contribution < 1.29 is 9.53 Å². The Kier molecular flexibility index (Phi) is 8.46. The van der Waals surface area contributed by atoms with Crippen LogP contribution in [0.1, 0.15) is 57.1 Å². The van der Waals surface area contributed by atoms with Gasteiger partial charge in [-0.15, -0.1) is 0 Å². The van der Waals surface area contributed by atoms with Gasteiger partial charge in [0.1, 0.15) is 5.52 Å². The molecule has 1 aliphatic rings. The topological polar surface area (TPSA) is 144 Å². The fourth-order valence-corrected chi connectivity index (χ4v) is 4.91. The SMILES string of the molecule is CCC[C@@H](CCC(N)=O)n1c(Nc2c(Cl)cc(C#N)cc2Cl)nc2cnc(NC3CCOCC3)nc21. The van der Waals surface area contributed by atoms with Crippen LogP contribution in [0.5, 0.6) is 0 Å². The summed E-state index contributed by atoms with van der Waals surface area (Å²) in [6.07, 6.45) is 5.81. The van der Waals surface area contributed by atoms with E-state index in [-0.39, 0.29) is 34.5 Å². The van der Waals surface area contributed by atoms with E-state index in [4.69, 9.17) is 43.6 Å². The van der Waals surface area contributed by atoms with E-state index in [1.165, 1.54) is 12.1 Å². The molecule has 1 fully saturated rings. The Bertz CT molecular complexity index is 1260. The van der Waals surface area contributed by atoms with E-state index in [9.17, 15) is 10.1 Å². The maximum Gasteiger partial charge on any atom is 0.224 e. The van der Waals surface area contributed by atoms with Crippen molar-refractivity contribution in [1.82, 2.24) is 19.5 Å². The van der Waals surface area contributed by atoms with Crippen LogP contribution in [0, 0.1) is 11.3 Å². The maximum atomic E-state index is 11.6. The first kappa shape index (κ1) is 25.9. The molecule has 0 unspecified atom stereocenters. The van der Waals surface area contributed by atoms with Gasteiger partial charge in [0.05, 0.1) is 33.6 Å². The lowest BCUT2D eigenvalue weighted by Gasteiger charge is -2.23. The van der Waals surface area contributed by atoms with Crippen LogP contribution in [0.2, 0.25) is 10.0 Å². The highest BCUT2D eigenvalue weighted by molar-refractivity contribution is 6.39. The van der Waals surface area contributed by atoms with Crippen molar-refractivity contribution in [2.75, 3.05) is 23.8 Å². The molecule has 0 aliphatic carbocycles. The van der Waals surface area contributed by atoms with Gasteiger partial charge >= 0.3 is 0 Å². The Balaban J connectivity index is 1.78. The first-order valence-corrected chi connectivity index (χ1v) is 12.7. The largest absolute Gasteiger partial charge is 0.381 e. The molecular weight excluding hydrogens is 503 g/mol. The zero-order valence-corrected chi connectivity index (χ0v) is 21.4.